The van der Waals surface area contributed by atoms with E-state index in [0.717, 1.165) is 25.2 Å². The molecule has 0 bridgehead atoms. The van der Waals surface area contributed by atoms with Crippen molar-refractivity contribution in [1.82, 2.24) is 4.90 Å². The van der Waals surface area contributed by atoms with Crippen LogP contribution in [0.25, 0.3) is 0 Å². The first-order valence-corrected chi connectivity index (χ1v) is 7.13. The predicted octanol–water partition coefficient (Wildman–Crippen LogP) is 3.12. The Morgan fingerprint density at radius 3 is 2.68 bits per heavy atom. The largest absolute Gasteiger partial charge is 0.393 e. The Kier molecular flexibility index (Phi) is 7.64. The second kappa shape index (κ2) is 8.72. The lowest BCUT2D eigenvalue weighted by atomic mass is 10.2. The molecule has 2 N–H and O–H groups in total. The highest BCUT2D eigenvalue weighted by atomic mass is 35.5. The molecule has 106 valence electrons. The standard InChI is InChI=1S/C13H18Cl2N2OS/c1-18-7-6-17(5-4-13(16)19)9-10-2-3-11(14)8-12(10)15/h2-3,8H,4-7,9H2,1H3,(H2,16,19). The number of thiocarbonyl (C=S) groups is 1. The van der Waals surface area contributed by atoms with Gasteiger partial charge in [0.25, 0.3) is 0 Å². The van der Waals surface area contributed by atoms with Gasteiger partial charge in [-0.2, -0.15) is 0 Å². The third kappa shape index (κ3) is 6.54. The van der Waals surface area contributed by atoms with Crippen LogP contribution in [-0.4, -0.2) is 36.7 Å². The summed E-state index contributed by atoms with van der Waals surface area (Å²) >= 11 is 17.0. The van der Waals surface area contributed by atoms with Gasteiger partial charge in [0.05, 0.1) is 11.6 Å². The molecule has 0 amide bonds. The Balaban J connectivity index is 2.66. The maximum absolute atomic E-state index is 6.18. The van der Waals surface area contributed by atoms with E-state index in [1.165, 1.54) is 0 Å². The van der Waals surface area contributed by atoms with Crippen molar-refractivity contribution in [2.24, 2.45) is 5.73 Å². The quantitative estimate of drug-likeness (QED) is 0.747. The molecule has 6 heteroatoms. The number of ether oxygens (including phenoxy) is 1. The van der Waals surface area contributed by atoms with E-state index < -0.39 is 0 Å². The maximum atomic E-state index is 6.18. The molecule has 0 aliphatic carbocycles. The van der Waals surface area contributed by atoms with Crippen LogP contribution < -0.4 is 5.73 Å². The van der Waals surface area contributed by atoms with Gasteiger partial charge in [-0.15, -0.1) is 0 Å². The van der Waals surface area contributed by atoms with Crippen LogP contribution >= 0.6 is 35.4 Å². The Bertz CT molecular complexity index is 429. The van der Waals surface area contributed by atoms with Crippen molar-refractivity contribution in [3.63, 3.8) is 0 Å². The minimum Gasteiger partial charge on any atom is -0.393 e. The van der Waals surface area contributed by atoms with Crippen molar-refractivity contribution in [2.45, 2.75) is 13.0 Å². The van der Waals surface area contributed by atoms with Gasteiger partial charge < -0.3 is 10.5 Å². The molecule has 0 fully saturated rings. The maximum Gasteiger partial charge on any atom is 0.0740 e. The minimum atomic E-state index is 0.518. The van der Waals surface area contributed by atoms with E-state index in [2.05, 4.69) is 4.90 Å². The SMILES string of the molecule is COCCN(CCC(N)=S)Cc1ccc(Cl)cc1Cl. The zero-order valence-corrected chi connectivity index (χ0v) is 13.2. The van der Waals surface area contributed by atoms with Gasteiger partial charge in [-0.25, -0.2) is 0 Å². The predicted molar refractivity (Wildman–Crippen MR) is 85.0 cm³/mol. The molecule has 19 heavy (non-hydrogen) atoms. The summed E-state index contributed by atoms with van der Waals surface area (Å²) < 4.78 is 5.11. The van der Waals surface area contributed by atoms with Gasteiger partial charge in [-0.1, -0.05) is 41.5 Å². The van der Waals surface area contributed by atoms with Gasteiger partial charge in [0.15, 0.2) is 0 Å². The van der Waals surface area contributed by atoms with Gasteiger partial charge in [-0.05, 0) is 17.7 Å². The van der Waals surface area contributed by atoms with Crippen molar-refractivity contribution in [3.8, 4) is 0 Å². The average Bonchev–Trinajstić information content (AvgIpc) is 2.35. The lowest BCUT2D eigenvalue weighted by molar-refractivity contribution is 0.146. The first-order chi connectivity index (χ1) is 9.02. The van der Waals surface area contributed by atoms with Crippen LogP contribution in [-0.2, 0) is 11.3 Å². The lowest BCUT2D eigenvalue weighted by Gasteiger charge is -2.22. The summed E-state index contributed by atoms with van der Waals surface area (Å²) in [5.41, 5.74) is 6.58. The summed E-state index contributed by atoms with van der Waals surface area (Å²) in [4.78, 5) is 2.72. The molecule has 0 radical (unpaired) electrons. The monoisotopic (exact) mass is 320 g/mol. The molecule has 0 heterocycles. The Labute approximate surface area is 129 Å². The molecule has 0 aliphatic heterocycles. The van der Waals surface area contributed by atoms with Crippen LogP contribution in [0.4, 0.5) is 0 Å². The van der Waals surface area contributed by atoms with Crippen molar-refractivity contribution < 1.29 is 4.74 Å². The van der Waals surface area contributed by atoms with Gasteiger partial charge in [0, 0.05) is 43.2 Å². The first kappa shape index (κ1) is 16.7. The minimum absolute atomic E-state index is 0.518. The molecule has 1 aromatic rings. The summed E-state index contributed by atoms with van der Waals surface area (Å²) in [5, 5.41) is 1.31. The van der Waals surface area contributed by atoms with E-state index in [0.29, 0.717) is 28.1 Å². The van der Waals surface area contributed by atoms with Crippen molar-refractivity contribution in [3.05, 3.63) is 33.8 Å². The highest BCUT2D eigenvalue weighted by Gasteiger charge is 2.09. The summed E-state index contributed by atoms with van der Waals surface area (Å²) in [6.45, 7) is 2.97. The topological polar surface area (TPSA) is 38.5 Å². The van der Waals surface area contributed by atoms with Crippen LogP contribution in [0, 0.1) is 0 Å². The van der Waals surface area contributed by atoms with Gasteiger partial charge in [0.1, 0.15) is 0 Å². The lowest BCUT2D eigenvalue weighted by Crippen LogP contribution is -2.30. The summed E-state index contributed by atoms with van der Waals surface area (Å²) in [6, 6.07) is 5.52. The first-order valence-electron chi connectivity index (χ1n) is 5.96. The fourth-order valence-corrected chi connectivity index (χ4v) is 2.21. The van der Waals surface area contributed by atoms with E-state index >= 15 is 0 Å². The fourth-order valence-electron chi connectivity index (χ4n) is 1.65. The summed E-state index contributed by atoms with van der Waals surface area (Å²) in [7, 11) is 1.68. The van der Waals surface area contributed by atoms with E-state index in [4.69, 9.17) is 45.9 Å². The van der Waals surface area contributed by atoms with Crippen LogP contribution in [0.2, 0.25) is 10.0 Å². The van der Waals surface area contributed by atoms with E-state index in [1.54, 1.807) is 13.2 Å². The molecule has 1 rings (SSSR count). The van der Waals surface area contributed by atoms with Crippen LogP contribution in [0.1, 0.15) is 12.0 Å². The number of halogens is 2. The second-order valence-corrected chi connectivity index (χ2v) is 5.59. The van der Waals surface area contributed by atoms with E-state index in [-0.39, 0.29) is 0 Å². The van der Waals surface area contributed by atoms with Crippen LogP contribution in [0.5, 0.6) is 0 Å². The number of methoxy groups -OCH3 is 1. The van der Waals surface area contributed by atoms with Crippen molar-refractivity contribution in [1.29, 1.82) is 0 Å². The average molecular weight is 321 g/mol. The Morgan fingerprint density at radius 1 is 1.37 bits per heavy atom. The number of hydrogen-bond donors (Lipinski definition) is 1. The molecule has 0 unspecified atom stereocenters. The molecule has 3 nitrogen and oxygen atoms in total. The van der Waals surface area contributed by atoms with Gasteiger partial charge in [-0.3, -0.25) is 4.90 Å². The molecule has 0 saturated carbocycles. The highest BCUT2D eigenvalue weighted by molar-refractivity contribution is 7.80. The number of benzene rings is 1. The molecule has 0 saturated heterocycles. The second-order valence-electron chi connectivity index (χ2n) is 4.22. The zero-order chi connectivity index (χ0) is 14.3. The Hall–Kier alpha value is -0.390. The van der Waals surface area contributed by atoms with E-state index in [1.807, 2.05) is 12.1 Å². The molecule has 0 atom stereocenters. The molecular formula is C13H18Cl2N2OS. The number of nitrogens with two attached hydrogens (primary N) is 1. The molecule has 0 spiro atoms. The molecular weight excluding hydrogens is 303 g/mol. The van der Waals surface area contributed by atoms with Crippen LogP contribution in [0.3, 0.4) is 0 Å². The van der Waals surface area contributed by atoms with Crippen molar-refractivity contribution >= 4 is 40.4 Å². The molecule has 1 aromatic carbocycles. The number of rotatable bonds is 8. The van der Waals surface area contributed by atoms with Gasteiger partial charge >= 0.3 is 0 Å². The number of nitrogens with zero attached hydrogens (tertiary/aromatic N) is 1. The summed E-state index contributed by atoms with van der Waals surface area (Å²) in [5.74, 6) is 0. The molecule has 0 aromatic heterocycles. The van der Waals surface area contributed by atoms with E-state index in [9.17, 15) is 0 Å². The van der Waals surface area contributed by atoms with Crippen LogP contribution in [0.15, 0.2) is 18.2 Å². The third-order valence-corrected chi connectivity index (χ3v) is 3.49. The third-order valence-electron chi connectivity index (χ3n) is 2.70. The number of hydrogen-bond acceptors (Lipinski definition) is 3. The molecule has 0 aliphatic rings. The summed E-state index contributed by atoms with van der Waals surface area (Å²) in [6.07, 6.45) is 0.685. The zero-order valence-electron chi connectivity index (χ0n) is 10.9. The Morgan fingerprint density at radius 2 is 2.11 bits per heavy atom. The normalized spacial score (nSPS) is 10.9. The van der Waals surface area contributed by atoms with Gasteiger partial charge in [0.2, 0.25) is 0 Å². The van der Waals surface area contributed by atoms with Crippen molar-refractivity contribution in [2.75, 3.05) is 26.8 Å². The smallest absolute Gasteiger partial charge is 0.0740 e. The highest BCUT2D eigenvalue weighted by Crippen LogP contribution is 2.22. The fraction of sp³-hybridized carbons (Fsp3) is 0.462.